The highest BCUT2D eigenvalue weighted by Gasteiger charge is 2.04. The van der Waals surface area contributed by atoms with E-state index in [0.29, 0.717) is 0 Å². The van der Waals surface area contributed by atoms with Crippen LogP contribution in [0.5, 0.6) is 0 Å². The first-order valence-electron chi connectivity index (χ1n) is 3.10. The molecule has 0 aromatic heterocycles. The van der Waals surface area contributed by atoms with E-state index in [-0.39, 0.29) is 1.43 Å². The summed E-state index contributed by atoms with van der Waals surface area (Å²) in [5.74, 6) is 0.925. The maximum Gasteiger partial charge on any atom is 0 e. The van der Waals surface area contributed by atoms with E-state index in [1.165, 1.54) is 25.9 Å². The Hall–Kier alpha value is -0.0400. The molecule has 1 fully saturated rings. The van der Waals surface area contributed by atoms with Gasteiger partial charge in [-0.25, -0.2) is 0 Å². The lowest BCUT2D eigenvalue weighted by molar-refractivity contribution is 0.405. The SMILES string of the molecule is C[C@@H]1CCCNC1.[HH]. The summed E-state index contributed by atoms with van der Waals surface area (Å²) in [6.45, 7) is 4.77. The fourth-order valence-corrected chi connectivity index (χ4v) is 1.03. The van der Waals surface area contributed by atoms with Crippen LogP contribution in [0.25, 0.3) is 0 Å². The highest BCUT2D eigenvalue weighted by atomic mass is 14.9. The molecule has 1 heteroatoms. The Balaban J connectivity index is 0.000000490. The van der Waals surface area contributed by atoms with E-state index in [2.05, 4.69) is 12.2 Å². The van der Waals surface area contributed by atoms with E-state index < -0.39 is 0 Å². The van der Waals surface area contributed by atoms with Crippen molar-refractivity contribution in [2.75, 3.05) is 13.1 Å². The third-order valence-electron chi connectivity index (χ3n) is 1.54. The summed E-state index contributed by atoms with van der Waals surface area (Å²) >= 11 is 0. The van der Waals surface area contributed by atoms with Gasteiger partial charge in [0.05, 0.1) is 0 Å². The lowest BCUT2D eigenvalue weighted by atomic mass is 10.0. The van der Waals surface area contributed by atoms with Crippen LogP contribution in [0.1, 0.15) is 21.2 Å². The lowest BCUT2D eigenvalue weighted by Crippen LogP contribution is -2.27. The number of nitrogens with one attached hydrogen (secondary N) is 1. The molecule has 1 aliphatic heterocycles. The van der Waals surface area contributed by atoms with Crippen molar-refractivity contribution in [3.63, 3.8) is 0 Å². The van der Waals surface area contributed by atoms with Gasteiger partial charge in [0.2, 0.25) is 0 Å². The van der Waals surface area contributed by atoms with Crippen LogP contribution in [0, 0.1) is 5.92 Å². The molecule has 0 aromatic rings. The Morgan fingerprint density at radius 1 is 1.71 bits per heavy atom. The van der Waals surface area contributed by atoms with E-state index in [0.717, 1.165) is 5.92 Å². The van der Waals surface area contributed by atoms with Crippen LogP contribution in [-0.2, 0) is 0 Å². The minimum atomic E-state index is 0. The molecular formula is C6H15N. The van der Waals surface area contributed by atoms with Crippen LogP contribution in [0.2, 0.25) is 0 Å². The minimum absolute atomic E-state index is 0. The molecule has 1 nitrogen and oxygen atoms in total. The van der Waals surface area contributed by atoms with Crippen LogP contribution in [-0.4, -0.2) is 13.1 Å². The standard InChI is InChI=1S/C6H13N.H2/c1-6-3-2-4-7-5-6;/h6-7H,2-5H2,1H3;1H/t6-;/m1./s1. The third-order valence-corrected chi connectivity index (χ3v) is 1.54. The number of piperidine rings is 1. The summed E-state index contributed by atoms with van der Waals surface area (Å²) in [7, 11) is 0. The van der Waals surface area contributed by atoms with Crippen molar-refractivity contribution in [1.29, 1.82) is 0 Å². The molecule has 1 N–H and O–H groups in total. The van der Waals surface area contributed by atoms with Gasteiger partial charge in [0.25, 0.3) is 0 Å². The van der Waals surface area contributed by atoms with Crippen molar-refractivity contribution < 1.29 is 1.43 Å². The molecule has 0 unspecified atom stereocenters. The molecule has 1 heterocycles. The molecule has 1 aliphatic rings. The third kappa shape index (κ3) is 1.48. The molecule has 1 rings (SSSR count). The molecular weight excluding hydrogens is 86.1 g/mol. The first-order valence-corrected chi connectivity index (χ1v) is 3.10. The summed E-state index contributed by atoms with van der Waals surface area (Å²) in [5.41, 5.74) is 0. The summed E-state index contributed by atoms with van der Waals surface area (Å²) in [6.07, 6.45) is 2.80. The zero-order valence-corrected chi connectivity index (χ0v) is 4.91. The Morgan fingerprint density at radius 3 is 2.86 bits per heavy atom. The molecule has 0 bridgehead atoms. The molecule has 0 aromatic carbocycles. The summed E-state index contributed by atoms with van der Waals surface area (Å²) in [4.78, 5) is 0. The fourth-order valence-electron chi connectivity index (χ4n) is 1.03. The molecule has 0 aliphatic carbocycles. The molecule has 7 heavy (non-hydrogen) atoms. The van der Waals surface area contributed by atoms with Crippen LogP contribution < -0.4 is 5.32 Å². The van der Waals surface area contributed by atoms with Crippen LogP contribution in [0.15, 0.2) is 0 Å². The van der Waals surface area contributed by atoms with Crippen molar-refractivity contribution in [1.82, 2.24) is 5.32 Å². The number of hydrogen-bond acceptors (Lipinski definition) is 1. The average Bonchev–Trinajstić information content (AvgIpc) is 1.69. The smallest absolute Gasteiger partial charge is 0 e. The van der Waals surface area contributed by atoms with Gasteiger partial charge in [-0.1, -0.05) is 6.92 Å². The molecule has 0 saturated carbocycles. The normalized spacial score (nSPS) is 33.0. The average molecular weight is 101 g/mol. The summed E-state index contributed by atoms with van der Waals surface area (Å²) < 4.78 is 0. The zero-order chi connectivity index (χ0) is 5.11. The predicted octanol–water partition coefficient (Wildman–Crippen LogP) is 1.25. The van der Waals surface area contributed by atoms with Crippen LogP contribution in [0.3, 0.4) is 0 Å². The van der Waals surface area contributed by atoms with Gasteiger partial charge in [-0.15, -0.1) is 0 Å². The van der Waals surface area contributed by atoms with E-state index in [4.69, 9.17) is 0 Å². The Labute approximate surface area is 46.6 Å². The monoisotopic (exact) mass is 101 g/mol. The van der Waals surface area contributed by atoms with Crippen molar-refractivity contribution >= 4 is 0 Å². The van der Waals surface area contributed by atoms with E-state index in [1.54, 1.807) is 0 Å². The second-order valence-corrected chi connectivity index (χ2v) is 2.45. The van der Waals surface area contributed by atoms with Gasteiger partial charge in [0, 0.05) is 1.43 Å². The van der Waals surface area contributed by atoms with Gasteiger partial charge in [0.1, 0.15) is 0 Å². The Morgan fingerprint density at radius 2 is 2.57 bits per heavy atom. The minimum Gasteiger partial charge on any atom is -0.316 e. The van der Waals surface area contributed by atoms with Crippen molar-refractivity contribution in [2.24, 2.45) is 5.92 Å². The van der Waals surface area contributed by atoms with Gasteiger partial charge in [0.15, 0.2) is 0 Å². The molecule has 0 amide bonds. The van der Waals surface area contributed by atoms with Gasteiger partial charge in [-0.05, 0) is 31.8 Å². The van der Waals surface area contributed by atoms with Crippen molar-refractivity contribution in [3.8, 4) is 0 Å². The summed E-state index contributed by atoms with van der Waals surface area (Å²) in [6, 6.07) is 0. The van der Waals surface area contributed by atoms with Gasteiger partial charge >= 0.3 is 0 Å². The first kappa shape index (κ1) is 5.10. The quantitative estimate of drug-likeness (QED) is 0.484. The zero-order valence-electron chi connectivity index (χ0n) is 4.91. The van der Waals surface area contributed by atoms with Gasteiger partial charge < -0.3 is 5.32 Å². The number of hydrogen-bond donors (Lipinski definition) is 1. The highest BCUT2D eigenvalue weighted by molar-refractivity contribution is 4.63. The Kier molecular flexibility index (Phi) is 1.69. The highest BCUT2D eigenvalue weighted by Crippen LogP contribution is 2.06. The van der Waals surface area contributed by atoms with E-state index in [1.807, 2.05) is 0 Å². The molecule has 1 saturated heterocycles. The second-order valence-electron chi connectivity index (χ2n) is 2.45. The Bertz CT molecular complexity index is 50.5. The van der Waals surface area contributed by atoms with E-state index in [9.17, 15) is 0 Å². The lowest BCUT2D eigenvalue weighted by Gasteiger charge is -2.17. The maximum absolute atomic E-state index is 3.33. The second kappa shape index (κ2) is 2.31. The van der Waals surface area contributed by atoms with E-state index >= 15 is 0 Å². The molecule has 0 radical (unpaired) electrons. The topological polar surface area (TPSA) is 12.0 Å². The van der Waals surface area contributed by atoms with Crippen LogP contribution in [0.4, 0.5) is 0 Å². The maximum atomic E-state index is 3.33. The predicted molar refractivity (Wildman–Crippen MR) is 33.4 cm³/mol. The number of rotatable bonds is 0. The summed E-state index contributed by atoms with van der Waals surface area (Å²) in [5, 5.41) is 3.33. The first-order chi connectivity index (χ1) is 3.39. The molecule has 1 atom stereocenters. The molecule has 44 valence electrons. The largest absolute Gasteiger partial charge is 0.316 e. The van der Waals surface area contributed by atoms with Gasteiger partial charge in [-0.3, -0.25) is 0 Å². The van der Waals surface area contributed by atoms with Crippen LogP contribution >= 0.6 is 0 Å². The van der Waals surface area contributed by atoms with Crippen molar-refractivity contribution in [3.05, 3.63) is 0 Å². The fraction of sp³-hybridized carbons (Fsp3) is 1.00. The molecule has 0 spiro atoms. The van der Waals surface area contributed by atoms with Gasteiger partial charge in [-0.2, -0.15) is 0 Å². The van der Waals surface area contributed by atoms with Crippen molar-refractivity contribution in [2.45, 2.75) is 19.8 Å².